The molecule has 1 aliphatic rings. The molecular weight excluding hydrogens is 296 g/mol. The predicted molar refractivity (Wildman–Crippen MR) is 86.1 cm³/mol. The summed E-state index contributed by atoms with van der Waals surface area (Å²) in [5, 5.41) is 8.52. The van der Waals surface area contributed by atoms with Crippen LogP contribution in [0.4, 0.5) is 0 Å². The molecular formula is C18H28O2Ti-6. The summed E-state index contributed by atoms with van der Waals surface area (Å²) >= 11 is 0. The van der Waals surface area contributed by atoms with Gasteiger partial charge in [-0.15, -0.1) is 0 Å². The van der Waals surface area contributed by atoms with Crippen molar-refractivity contribution in [2.75, 3.05) is 13.2 Å². The first kappa shape index (κ1) is 22.6. The van der Waals surface area contributed by atoms with Crippen molar-refractivity contribution >= 4 is 0 Å². The van der Waals surface area contributed by atoms with Crippen LogP contribution < -0.4 is 0 Å². The van der Waals surface area contributed by atoms with Crippen LogP contribution in [-0.2, 0) is 26.5 Å². The second kappa shape index (κ2) is 15.7. The Kier molecular flexibility index (Phi) is 16.9. The van der Waals surface area contributed by atoms with Crippen molar-refractivity contribution in [3.8, 4) is 0 Å². The predicted octanol–water partition coefficient (Wildman–Crippen LogP) is 4.38. The maximum Gasteiger partial charge on any atom is 0.0563 e. The molecule has 1 aliphatic heterocycles. The number of hydrogen-bond donors (Lipinski definition) is 1. The first-order valence-electron chi connectivity index (χ1n) is 7.13. The third kappa shape index (κ3) is 28.3. The summed E-state index contributed by atoms with van der Waals surface area (Å²) in [6.45, 7) is 7.23. The Bertz CT molecular complexity index is 269. The number of rotatable bonds is 0. The van der Waals surface area contributed by atoms with E-state index in [1.807, 2.05) is 60.7 Å². The first-order valence-corrected chi connectivity index (χ1v) is 7.13. The molecule has 1 N–H and O–H groups in total. The van der Waals surface area contributed by atoms with Crippen LogP contribution in [0.5, 0.6) is 0 Å². The molecule has 122 valence electrons. The Morgan fingerprint density at radius 1 is 0.857 bits per heavy atom. The van der Waals surface area contributed by atoms with Gasteiger partial charge in [-0.1, -0.05) is 0 Å². The fourth-order valence-corrected chi connectivity index (χ4v) is 1.15. The van der Waals surface area contributed by atoms with Crippen molar-refractivity contribution in [2.24, 2.45) is 0 Å². The molecule has 21 heavy (non-hydrogen) atoms. The normalized spacial score (nSPS) is 12.4. The molecule has 0 amide bonds. The van der Waals surface area contributed by atoms with Gasteiger partial charge in [-0.3, -0.25) is 0 Å². The third-order valence-corrected chi connectivity index (χ3v) is 1.94. The second-order valence-electron chi connectivity index (χ2n) is 5.41. The van der Waals surface area contributed by atoms with Gasteiger partial charge in [-0.25, -0.2) is 12.1 Å². The summed E-state index contributed by atoms with van der Waals surface area (Å²) in [7, 11) is 0. The average molecular weight is 324 g/mol. The minimum absolute atomic E-state index is 0. The van der Waals surface area contributed by atoms with Crippen molar-refractivity contribution in [1.29, 1.82) is 0 Å². The van der Waals surface area contributed by atoms with E-state index in [1.54, 1.807) is 20.8 Å². The second-order valence-corrected chi connectivity index (χ2v) is 5.41. The third-order valence-electron chi connectivity index (χ3n) is 1.94. The molecule has 1 fully saturated rings. The molecule has 0 aromatic heterocycles. The quantitative estimate of drug-likeness (QED) is 0.575. The van der Waals surface area contributed by atoms with E-state index in [0.29, 0.717) is 0 Å². The Balaban J connectivity index is 0. The SMILES string of the molecule is C1CCOC1.CC(C)(C)O.[Ti].[cH-]1[cH-][cH-][cH-][cH-]1.c1cc[cH-]c1. The number of ether oxygens (including phenoxy) is 1. The van der Waals surface area contributed by atoms with Crippen LogP contribution in [0.3, 0.4) is 0 Å². The van der Waals surface area contributed by atoms with Crippen molar-refractivity contribution < 1.29 is 31.6 Å². The van der Waals surface area contributed by atoms with Gasteiger partial charge in [0.2, 0.25) is 0 Å². The number of aliphatic hydroxyl groups is 1. The van der Waals surface area contributed by atoms with Gasteiger partial charge in [0.15, 0.2) is 0 Å². The molecule has 1 heterocycles. The van der Waals surface area contributed by atoms with Gasteiger partial charge in [-0.2, -0.15) is 18.2 Å². The molecule has 0 unspecified atom stereocenters. The van der Waals surface area contributed by atoms with Gasteiger partial charge in [0.25, 0.3) is 0 Å². The monoisotopic (exact) mass is 324 g/mol. The summed E-state index contributed by atoms with van der Waals surface area (Å²) < 4.78 is 4.94. The van der Waals surface area contributed by atoms with Crippen LogP contribution in [0.25, 0.3) is 0 Å². The molecule has 2 aromatic rings. The molecule has 0 bridgehead atoms. The van der Waals surface area contributed by atoms with Crippen LogP contribution in [0.2, 0.25) is 0 Å². The standard InChI is InChI=1S/2C5H5.C4H8O.C4H10O.Ti/c3*1-2-4-5-3-1;1-4(2,3)5;/h2*1-5H;1-4H2;5H,1-3H3;/q-5;-1;;;. The summed E-state index contributed by atoms with van der Waals surface area (Å²) in [5.41, 5.74) is -0.500. The number of hydrogen-bond acceptors (Lipinski definition) is 2. The average Bonchev–Trinajstić information content (AvgIpc) is 3.17. The summed E-state index contributed by atoms with van der Waals surface area (Å²) in [4.78, 5) is 0. The van der Waals surface area contributed by atoms with Crippen LogP contribution >= 0.6 is 0 Å². The van der Waals surface area contributed by atoms with E-state index in [2.05, 4.69) is 0 Å². The maximum absolute atomic E-state index is 8.52. The summed E-state index contributed by atoms with van der Waals surface area (Å²) in [6, 6.07) is 20.0. The maximum atomic E-state index is 8.52. The van der Waals surface area contributed by atoms with E-state index in [9.17, 15) is 0 Å². The Hall–Kier alpha value is -0.666. The molecule has 3 rings (SSSR count). The summed E-state index contributed by atoms with van der Waals surface area (Å²) in [6.07, 6.45) is 2.56. The Labute approximate surface area is 144 Å². The Morgan fingerprint density at radius 2 is 1.19 bits per heavy atom. The summed E-state index contributed by atoms with van der Waals surface area (Å²) in [5.74, 6) is 0. The smallest absolute Gasteiger partial charge is 0.0563 e. The van der Waals surface area contributed by atoms with E-state index >= 15 is 0 Å². The van der Waals surface area contributed by atoms with Crippen molar-refractivity contribution in [1.82, 2.24) is 0 Å². The van der Waals surface area contributed by atoms with Crippen molar-refractivity contribution in [3.63, 3.8) is 0 Å². The first-order chi connectivity index (χ1) is 9.50. The van der Waals surface area contributed by atoms with Gasteiger partial charge in [0.05, 0.1) is 5.60 Å². The fraction of sp³-hybridized carbons (Fsp3) is 0.444. The zero-order valence-corrected chi connectivity index (χ0v) is 15.0. The minimum atomic E-state index is -0.500. The van der Waals surface area contributed by atoms with E-state index < -0.39 is 5.60 Å². The van der Waals surface area contributed by atoms with Gasteiger partial charge < -0.3 is 40.2 Å². The largest absolute Gasteiger partial charge is 0.748 e. The molecule has 0 atom stereocenters. The fourth-order valence-electron chi connectivity index (χ4n) is 1.15. The van der Waals surface area contributed by atoms with Gasteiger partial charge in [0.1, 0.15) is 0 Å². The van der Waals surface area contributed by atoms with Gasteiger partial charge in [-0.05, 0) is 33.6 Å². The van der Waals surface area contributed by atoms with Crippen LogP contribution in [0.1, 0.15) is 33.6 Å². The van der Waals surface area contributed by atoms with Crippen molar-refractivity contribution in [2.45, 2.75) is 39.2 Å². The molecule has 3 heteroatoms. The van der Waals surface area contributed by atoms with E-state index in [1.165, 1.54) is 12.8 Å². The van der Waals surface area contributed by atoms with Gasteiger partial charge >= 0.3 is 0 Å². The zero-order valence-electron chi connectivity index (χ0n) is 13.5. The molecule has 0 spiro atoms. The van der Waals surface area contributed by atoms with Crippen LogP contribution in [0.15, 0.2) is 60.7 Å². The topological polar surface area (TPSA) is 29.5 Å². The zero-order chi connectivity index (χ0) is 15.1. The molecule has 1 saturated heterocycles. The van der Waals surface area contributed by atoms with E-state index in [-0.39, 0.29) is 21.7 Å². The van der Waals surface area contributed by atoms with Crippen molar-refractivity contribution in [3.05, 3.63) is 60.7 Å². The van der Waals surface area contributed by atoms with Crippen LogP contribution in [0, 0.1) is 0 Å². The molecule has 0 saturated carbocycles. The van der Waals surface area contributed by atoms with Crippen LogP contribution in [-0.4, -0.2) is 23.9 Å². The minimum Gasteiger partial charge on any atom is -0.748 e. The Morgan fingerprint density at radius 3 is 1.33 bits per heavy atom. The molecule has 0 aliphatic carbocycles. The molecule has 2 nitrogen and oxygen atoms in total. The molecule has 2 aromatic carbocycles. The van der Waals surface area contributed by atoms with E-state index in [0.717, 1.165) is 13.2 Å². The van der Waals surface area contributed by atoms with E-state index in [4.69, 9.17) is 9.84 Å². The van der Waals surface area contributed by atoms with Gasteiger partial charge in [0, 0.05) is 34.9 Å². The molecule has 0 radical (unpaired) electrons.